The van der Waals surface area contributed by atoms with Crippen molar-refractivity contribution < 1.29 is 15.0 Å². The summed E-state index contributed by atoms with van der Waals surface area (Å²) in [6.07, 6.45) is 1.81. The zero-order chi connectivity index (χ0) is 11.8. The molecule has 0 radical (unpaired) electrons. The van der Waals surface area contributed by atoms with Crippen molar-refractivity contribution in [2.45, 2.75) is 18.4 Å². The number of hydrogen-bond acceptors (Lipinski definition) is 3. The van der Waals surface area contributed by atoms with Crippen LogP contribution in [0.2, 0.25) is 5.02 Å². The van der Waals surface area contributed by atoms with Crippen LogP contribution in [-0.2, 0) is 0 Å². The van der Waals surface area contributed by atoms with Crippen LogP contribution in [0.25, 0.3) is 0 Å². The number of anilines is 1. The van der Waals surface area contributed by atoms with Gasteiger partial charge in [-0.3, -0.25) is 0 Å². The number of halogens is 1. The predicted molar refractivity (Wildman–Crippen MR) is 61.1 cm³/mol. The first-order valence-corrected chi connectivity index (χ1v) is 5.36. The molecule has 0 bridgehead atoms. The molecule has 5 heteroatoms. The van der Waals surface area contributed by atoms with E-state index in [1.165, 1.54) is 12.1 Å². The maximum Gasteiger partial charge on any atom is 0.335 e. The molecule has 1 aromatic rings. The molecule has 0 spiro atoms. The molecule has 1 aromatic carbocycles. The van der Waals surface area contributed by atoms with Crippen molar-refractivity contribution in [3.63, 3.8) is 0 Å². The molecule has 0 unspecified atom stereocenters. The predicted octanol–water partition coefficient (Wildman–Crippen LogP) is 1.97. The summed E-state index contributed by atoms with van der Waals surface area (Å²) < 4.78 is 0. The van der Waals surface area contributed by atoms with Crippen molar-refractivity contribution in [2.75, 3.05) is 11.9 Å². The topological polar surface area (TPSA) is 69.6 Å². The van der Waals surface area contributed by atoms with Crippen molar-refractivity contribution in [1.82, 2.24) is 0 Å². The van der Waals surface area contributed by atoms with Crippen LogP contribution in [0.4, 0.5) is 5.69 Å². The van der Waals surface area contributed by atoms with E-state index < -0.39 is 5.97 Å². The highest BCUT2D eigenvalue weighted by atomic mass is 35.5. The fourth-order valence-corrected chi connectivity index (χ4v) is 1.74. The van der Waals surface area contributed by atoms with Crippen LogP contribution in [0.5, 0.6) is 0 Å². The van der Waals surface area contributed by atoms with Gasteiger partial charge in [-0.2, -0.15) is 0 Å². The molecule has 0 amide bonds. The van der Waals surface area contributed by atoms with E-state index in [1.807, 2.05) is 0 Å². The standard InChI is InChI=1S/C11H12ClNO3/c12-8-5-7(10(15)16)1-2-9(8)13-11(6-14)3-4-11/h1-2,5,13-14H,3-4,6H2,(H,15,16). The zero-order valence-corrected chi connectivity index (χ0v) is 9.29. The van der Waals surface area contributed by atoms with Gasteiger partial charge in [-0.25, -0.2) is 4.79 Å². The third-order valence-corrected chi connectivity index (χ3v) is 3.08. The fraction of sp³-hybridized carbons (Fsp3) is 0.364. The normalized spacial score (nSPS) is 16.9. The zero-order valence-electron chi connectivity index (χ0n) is 8.53. The lowest BCUT2D eigenvalue weighted by Gasteiger charge is -2.17. The van der Waals surface area contributed by atoms with E-state index in [0.717, 1.165) is 12.8 Å². The van der Waals surface area contributed by atoms with Gasteiger partial charge in [-0.1, -0.05) is 11.6 Å². The number of hydrogen-bond donors (Lipinski definition) is 3. The summed E-state index contributed by atoms with van der Waals surface area (Å²) in [5.41, 5.74) is 0.566. The molecule has 0 heterocycles. The summed E-state index contributed by atoms with van der Waals surface area (Å²) in [6.45, 7) is 0.0595. The molecular weight excluding hydrogens is 230 g/mol. The molecule has 1 saturated carbocycles. The number of nitrogens with one attached hydrogen (secondary N) is 1. The number of rotatable bonds is 4. The lowest BCUT2D eigenvalue weighted by Crippen LogP contribution is -2.25. The smallest absolute Gasteiger partial charge is 0.335 e. The lowest BCUT2D eigenvalue weighted by atomic mass is 10.2. The first-order valence-electron chi connectivity index (χ1n) is 4.98. The Labute approximate surface area is 97.9 Å². The van der Waals surface area contributed by atoms with E-state index in [-0.39, 0.29) is 17.7 Å². The number of carbonyl (C=O) groups is 1. The highest BCUT2D eigenvalue weighted by molar-refractivity contribution is 6.33. The highest BCUT2D eigenvalue weighted by Crippen LogP contribution is 2.40. The molecule has 1 aliphatic carbocycles. The molecule has 86 valence electrons. The van der Waals surface area contributed by atoms with E-state index in [1.54, 1.807) is 6.07 Å². The molecule has 2 rings (SSSR count). The summed E-state index contributed by atoms with van der Waals surface area (Å²) in [5, 5.41) is 21.4. The Bertz CT molecular complexity index is 429. The van der Waals surface area contributed by atoms with Crippen LogP contribution < -0.4 is 5.32 Å². The van der Waals surface area contributed by atoms with Crippen LogP contribution in [-0.4, -0.2) is 28.3 Å². The number of aliphatic hydroxyl groups is 1. The van der Waals surface area contributed by atoms with Crippen LogP contribution in [0.15, 0.2) is 18.2 Å². The minimum atomic E-state index is -1.00. The Morgan fingerprint density at radius 3 is 2.62 bits per heavy atom. The van der Waals surface area contributed by atoms with Crippen molar-refractivity contribution in [3.8, 4) is 0 Å². The van der Waals surface area contributed by atoms with Crippen LogP contribution in [0, 0.1) is 0 Å². The lowest BCUT2D eigenvalue weighted by molar-refractivity contribution is 0.0697. The first kappa shape index (κ1) is 11.2. The molecule has 0 aromatic heterocycles. The number of carboxylic acid groups (broad SMARTS) is 1. The van der Waals surface area contributed by atoms with Crippen LogP contribution >= 0.6 is 11.6 Å². The third-order valence-electron chi connectivity index (χ3n) is 2.77. The fourth-order valence-electron chi connectivity index (χ4n) is 1.51. The quantitative estimate of drug-likeness (QED) is 0.754. The molecule has 4 nitrogen and oxygen atoms in total. The SMILES string of the molecule is O=C(O)c1ccc(NC2(CO)CC2)c(Cl)c1. The van der Waals surface area contributed by atoms with Crippen LogP contribution in [0.3, 0.4) is 0 Å². The second-order valence-electron chi connectivity index (χ2n) is 4.06. The second kappa shape index (κ2) is 3.96. The highest BCUT2D eigenvalue weighted by Gasteiger charge is 2.42. The Kier molecular flexibility index (Phi) is 2.78. The summed E-state index contributed by atoms with van der Waals surface area (Å²) in [5.74, 6) is -1.00. The van der Waals surface area contributed by atoms with Gasteiger partial charge < -0.3 is 15.5 Å². The molecule has 0 aliphatic heterocycles. The third kappa shape index (κ3) is 2.13. The second-order valence-corrected chi connectivity index (χ2v) is 4.47. The van der Waals surface area contributed by atoms with E-state index in [4.69, 9.17) is 21.8 Å². The number of carboxylic acids is 1. The Hall–Kier alpha value is -1.26. The molecule has 0 saturated heterocycles. The van der Waals surface area contributed by atoms with E-state index in [2.05, 4.69) is 5.32 Å². The van der Waals surface area contributed by atoms with Gasteiger partial charge in [0.25, 0.3) is 0 Å². The van der Waals surface area contributed by atoms with Gasteiger partial charge in [0.1, 0.15) is 0 Å². The molecular formula is C11H12ClNO3. The minimum absolute atomic E-state index is 0.0595. The van der Waals surface area contributed by atoms with Gasteiger partial charge in [0.2, 0.25) is 0 Å². The average molecular weight is 242 g/mol. The number of aromatic carboxylic acids is 1. The number of benzene rings is 1. The largest absolute Gasteiger partial charge is 0.478 e. The van der Waals surface area contributed by atoms with Crippen molar-refractivity contribution in [1.29, 1.82) is 0 Å². The Morgan fingerprint density at radius 1 is 1.50 bits per heavy atom. The van der Waals surface area contributed by atoms with Crippen molar-refractivity contribution in [2.24, 2.45) is 0 Å². The minimum Gasteiger partial charge on any atom is -0.478 e. The van der Waals surface area contributed by atoms with Gasteiger partial charge in [0.15, 0.2) is 0 Å². The Balaban J connectivity index is 2.20. The van der Waals surface area contributed by atoms with E-state index in [9.17, 15) is 4.79 Å². The summed E-state index contributed by atoms with van der Waals surface area (Å²) in [7, 11) is 0. The van der Waals surface area contributed by atoms with Crippen molar-refractivity contribution >= 4 is 23.3 Å². The van der Waals surface area contributed by atoms with Crippen LogP contribution in [0.1, 0.15) is 23.2 Å². The molecule has 1 aliphatic rings. The van der Waals surface area contributed by atoms with E-state index >= 15 is 0 Å². The van der Waals surface area contributed by atoms with Gasteiger partial charge >= 0.3 is 5.97 Å². The summed E-state index contributed by atoms with van der Waals surface area (Å²) in [6, 6.07) is 4.52. The summed E-state index contributed by atoms with van der Waals surface area (Å²) in [4.78, 5) is 10.7. The van der Waals surface area contributed by atoms with Gasteiger partial charge in [0, 0.05) is 0 Å². The molecule has 3 N–H and O–H groups in total. The monoisotopic (exact) mass is 241 g/mol. The maximum atomic E-state index is 10.7. The number of aliphatic hydroxyl groups excluding tert-OH is 1. The van der Waals surface area contributed by atoms with Crippen molar-refractivity contribution in [3.05, 3.63) is 28.8 Å². The summed E-state index contributed by atoms with van der Waals surface area (Å²) >= 11 is 5.96. The van der Waals surface area contributed by atoms with Gasteiger partial charge in [-0.15, -0.1) is 0 Å². The first-order chi connectivity index (χ1) is 7.56. The average Bonchev–Trinajstić information content (AvgIpc) is 3.01. The maximum absolute atomic E-state index is 10.7. The van der Waals surface area contributed by atoms with Gasteiger partial charge in [-0.05, 0) is 31.0 Å². The van der Waals surface area contributed by atoms with Gasteiger partial charge in [0.05, 0.1) is 28.4 Å². The molecule has 16 heavy (non-hydrogen) atoms. The molecule has 1 fully saturated rings. The van der Waals surface area contributed by atoms with E-state index in [0.29, 0.717) is 10.7 Å². The Morgan fingerprint density at radius 2 is 2.19 bits per heavy atom. The molecule has 0 atom stereocenters.